The van der Waals surface area contributed by atoms with Crippen molar-refractivity contribution in [1.82, 2.24) is 0 Å². The number of aryl methyl sites for hydroxylation is 2. The maximum Gasteiger partial charge on any atom is 0.221 e. The second-order valence-corrected chi connectivity index (χ2v) is 5.36. The molecule has 116 valence electrons. The molecule has 0 fully saturated rings. The lowest BCUT2D eigenvalue weighted by atomic mass is 9.96. The molecule has 0 spiro atoms. The standard InChI is InChI=1S/C17H18F2N2O/c1-10-3-12(4-11(2)16(10)8-17(20)22)9-21-15-6-13(18)5-14(19)7-15/h3-7,21H,8-9H2,1-2H3,(H2,20,22). The third kappa shape index (κ3) is 4.04. The summed E-state index contributed by atoms with van der Waals surface area (Å²) in [6.07, 6.45) is 0.209. The number of amides is 1. The summed E-state index contributed by atoms with van der Waals surface area (Å²) in [5.41, 5.74) is 9.46. The van der Waals surface area contributed by atoms with Crippen LogP contribution in [-0.4, -0.2) is 5.91 Å². The lowest BCUT2D eigenvalue weighted by molar-refractivity contribution is -0.117. The fourth-order valence-corrected chi connectivity index (χ4v) is 2.50. The van der Waals surface area contributed by atoms with Crippen LogP contribution in [0.25, 0.3) is 0 Å². The molecule has 2 rings (SSSR count). The van der Waals surface area contributed by atoms with Gasteiger partial charge in [0.1, 0.15) is 11.6 Å². The molecule has 0 aliphatic carbocycles. The Morgan fingerprint density at radius 2 is 1.59 bits per heavy atom. The Morgan fingerprint density at radius 3 is 2.09 bits per heavy atom. The van der Waals surface area contributed by atoms with Crippen molar-refractivity contribution < 1.29 is 13.6 Å². The number of nitrogens with one attached hydrogen (secondary N) is 1. The van der Waals surface area contributed by atoms with Crippen molar-refractivity contribution in [1.29, 1.82) is 0 Å². The molecule has 3 N–H and O–H groups in total. The van der Waals surface area contributed by atoms with Crippen LogP contribution in [0.5, 0.6) is 0 Å². The van der Waals surface area contributed by atoms with E-state index in [2.05, 4.69) is 5.32 Å². The summed E-state index contributed by atoms with van der Waals surface area (Å²) in [4.78, 5) is 11.1. The van der Waals surface area contributed by atoms with Crippen molar-refractivity contribution in [3.8, 4) is 0 Å². The molecule has 0 atom stereocenters. The number of anilines is 1. The first-order chi connectivity index (χ1) is 10.3. The number of nitrogens with two attached hydrogens (primary N) is 1. The highest BCUT2D eigenvalue weighted by atomic mass is 19.1. The molecule has 2 aromatic carbocycles. The maximum atomic E-state index is 13.1. The first kappa shape index (κ1) is 15.9. The van der Waals surface area contributed by atoms with Gasteiger partial charge in [0.15, 0.2) is 0 Å². The topological polar surface area (TPSA) is 55.1 Å². The summed E-state index contributed by atoms with van der Waals surface area (Å²) in [6.45, 7) is 4.26. The van der Waals surface area contributed by atoms with Gasteiger partial charge in [-0.3, -0.25) is 4.79 Å². The van der Waals surface area contributed by atoms with E-state index in [4.69, 9.17) is 5.73 Å². The molecule has 2 aromatic rings. The number of halogens is 2. The molecule has 0 aliphatic rings. The van der Waals surface area contributed by atoms with Gasteiger partial charge in [0, 0.05) is 18.3 Å². The normalized spacial score (nSPS) is 10.5. The fourth-order valence-electron chi connectivity index (χ4n) is 2.50. The van der Waals surface area contributed by atoms with E-state index < -0.39 is 11.6 Å². The summed E-state index contributed by atoms with van der Waals surface area (Å²) >= 11 is 0. The molecule has 0 aromatic heterocycles. The smallest absolute Gasteiger partial charge is 0.221 e. The molecular formula is C17H18F2N2O. The second kappa shape index (κ2) is 6.56. The van der Waals surface area contributed by atoms with Gasteiger partial charge in [0.2, 0.25) is 5.91 Å². The van der Waals surface area contributed by atoms with E-state index in [0.29, 0.717) is 12.2 Å². The largest absolute Gasteiger partial charge is 0.381 e. The molecule has 5 heteroatoms. The average molecular weight is 304 g/mol. The summed E-state index contributed by atoms with van der Waals surface area (Å²) in [7, 11) is 0. The molecule has 0 heterocycles. The highest BCUT2D eigenvalue weighted by Crippen LogP contribution is 2.19. The molecule has 1 amide bonds. The van der Waals surface area contributed by atoms with E-state index in [1.807, 2.05) is 26.0 Å². The van der Waals surface area contributed by atoms with Crippen LogP contribution in [0, 0.1) is 25.5 Å². The van der Waals surface area contributed by atoms with Crippen LogP contribution in [-0.2, 0) is 17.8 Å². The van der Waals surface area contributed by atoms with Crippen LogP contribution in [0.1, 0.15) is 22.3 Å². The van der Waals surface area contributed by atoms with Gasteiger partial charge in [-0.2, -0.15) is 0 Å². The first-order valence-electron chi connectivity index (χ1n) is 6.92. The quantitative estimate of drug-likeness (QED) is 0.891. The number of carbonyl (C=O) groups is 1. The van der Waals surface area contributed by atoms with Crippen LogP contribution in [0.15, 0.2) is 30.3 Å². The number of primary amides is 1. The van der Waals surface area contributed by atoms with E-state index in [9.17, 15) is 13.6 Å². The molecule has 3 nitrogen and oxygen atoms in total. The molecular weight excluding hydrogens is 286 g/mol. The van der Waals surface area contributed by atoms with Gasteiger partial charge in [-0.25, -0.2) is 8.78 Å². The Morgan fingerprint density at radius 1 is 1.05 bits per heavy atom. The Labute approximate surface area is 128 Å². The average Bonchev–Trinajstić information content (AvgIpc) is 2.39. The predicted octanol–water partition coefficient (Wildman–Crippen LogP) is 3.22. The van der Waals surface area contributed by atoms with E-state index >= 15 is 0 Å². The van der Waals surface area contributed by atoms with E-state index in [-0.39, 0.29) is 12.3 Å². The highest BCUT2D eigenvalue weighted by Gasteiger charge is 2.08. The molecule has 22 heavy (non-hydrogen) atoms. The van der Waals surface area contributed by atoms with Gasteiger partial charge in [0.25, 0.3) is 0 Å². The summed E-state index contributed by atoms with van der Waals surface area (Å²) in [6, 6.07) is 7.19. The maximum absolute atomic E-state index is 13.1. The Bertz CT molecular complexity index is 671. The monoisotopic (exact) mass is 304 g/mol. The van der Waals surface area contributed by atoms with Crippen LogP contribution >= 0.6 is 0 Å². The number of carbonyl (C=O) groups excluding carboxylic acids is 1. The fraction of sp³-hybridized carbons (Fsp3) is 0.235. The lowest BCUT2D eigenvalue weighted by Gasteiger charge is -2.13. The number of benzene rings is 2. The third-order valence-electron chi connectivity index (χ3n) is 3.47. The predicted molar refractivity (Wildman–Crippen MR) is 82.5 cm³/mol. The zero-order chi connectivity index (χ0) is 16.3. The van der Waals surface area contributed by atoms with Crippen molar-refractivity contribution in [3.63, 3.8) is 0 Å². The SMILES string of the molecule is Cc1cc(CNc2cc(F)cc(F)c2)cc(C)c1CC(N)=O. The van der Waals surface area contributed by atoms with Crippen LogP contribution in [0.4, 0.5) is 14.5 Å². The molecule has 0 aliphatic heterocycles. The lowest BCUT2D eigenvalue weighted by Crippen LogP contribution is -2.15. The zero-order valence-corrected chi connectivity index (χ0v) is 12.5. The van der Waals surface area contributed by atoms with Gasteiger partial charge < -0.3 is 11.1 Å². The Hall–Kier alpha value is -2.43. The van der Waals surface area contributed by atoms with Gasteiger partial charge in [0.05, 0.1) is 6.42 Å². The summed E-state index contributed by atoms with van der Waals surface area (Å²) < 4.78 is 26.3. The molecule has 0 saturated carbocycles. The minimum absolute atomic E-state index is 0.209. The summed E-state index contributed by atoms with van der Waals surface area (Å²) in [5, 5.41) is 2.99. The summed E-state index contributed by atoms with van der Waals surface area (Å²) in [5.74, 6) is -1.61. The Kier molecular flexibility index (Phi) is 4.75. The van der Waals surface area contributed by atoms with Crippen molar-refractivity contribution >= 4 is 11.6 Å². The second-order valence-electron chi connectivity index (χ2n) is 5.36. The van der Waals surface area contributed by atoms with Gasteiger partial charge in [-0.15, -0.1) is 0 Å². The molecule has 0 radical (unpaired) electrons. The van der Waals surface area contributed by atoms with Crippen molar-refractivity contribution in [2.45, 2.75) is 26.8 Å². The third-order valence-corrected chi connectivity index (χ3v) is 3.47. The molecule has 0 saturated heterocycles. The van der Waals surface area contributed by atoms with Crippen molar-refractivity contribution in [2.24, 2.45) is 5.73 Å². The number of rotatable bonds is 5. The van der Waals surface area contributed by atoms with Crippen LogP contribution in [0.2, 0.25) is 0 Å². The minimum Gasteiger partial charge on any atom is -0.381 e. The van der Waals surface area contributed by atoms with Gasteiger partial charge in [-0.05, 0) is 48.2 Å². The highest BCUT2D eigenvalue weighted by molar-refractivity contribution is 5.77. The van der Waals surface area contributed by atoms with Gasteiger partial charge in [-0.1, -0.05) is 12.1 Å². The van der Waals surface area contributed by atoms with Crippen molar-refractivity contribution in [3.05, 3.63) is 64.2 Å². The van der Waals surface area contributed by atoms with Gasteiger partial charge >= 0.3 is 0 Å². The molecule has 0 unspecified atom stereocenters. The minimum atomic E-state index is -0.619. The van der Waals surface area contributed by atoms with E-state index in [1.165, 1.54) is 12.1 Å². The van der Waals surface area contributed by atoms with Crippen LogP contribution < -0.4 is 11.1 Å². The first-order valence-corrected chi connectivity index (χ1v) is 6.92. The van der Waals surface area contributed by atoms with Crippen LogP contribution in [0.3, 0.4) is 0 Å². The van der Waals surface area contributed by atoms with E-state index in [1.54, 1.807) is 0 Å². The molecule has 0 bridgehead atoms. The van der Waals surface area contributed by atoms with Crippen molar-refractivity contribution in [2.75, 3.05) is 5.32 Å². The number of hydrogen-bond acceptors (Lipinski definition) is 2. The Balaban J connectivity index is 2.15. The van der Waals surface area contributed by atoms with E-state index in [0.717, 1.165) is 28.3 Å². The zero-order valence-electron chi connectivity index (χ0n) is 12.5. The number of hydrogen-bond donors (Lipinski definition) is 2.